The van der Waals surface area contributed by atoms with Crippen molar-refractivity contribution in [2.75, 3.05) is 6.61 Å². The molecule has 0 aromatic carbocycles. The summed E-state index contributed by atoms with van der Waals surface area (Å²) < 4.78 is 7.44. The first-order chi connectivity index (χ1) is 6.86. The van der Waals surface area contributed by atoms with Crippen LogP contribution >= 0.6 is 0 Å². The van der Waals surface area contributed by atoms with Gasteiger partial charge in [-0.2, -0.15) is 0 Å². The molecule has 0 spiro atoms. The van der Waals surface area contributed by atoms with Gasteiger partial charge in [-0.25, -0.2) is 15.0 Å². The standard InChI is InChI=1S/C9H10N4O/c1-6-8-9(11-5-10-6)13-2-3-14-4-7(13)12-8/h5H,2-4H2,1H3. The number of ether oxygens (including phenoxy) is 1. The lowest BCUT2D eigenvalue weighted by Crippen LogP contribution is -2.16. The Morgan fingerprint density at radius 2 is 2.36 bits per heavy atom. The second-order valence-corrected chi connectivity index (χ2v) is 3.36. The van der Waals surface area contributed by atoms with Crippen LogP contribution in [0.5, 0.6) is 0 Å². The van der Waals surface area contributed by atoms with Gasteiger partial charge >= 0.3 is 0 Å². The third-order valence-corrected chi connectivity index (χ3v) is 2.48. The first-order valence-corrected chi connectivity index (χ1v) is 4.61. The van der Waals surface area contributed by atoms with Gasteiger partial charge in [-0.15, -0.1) is 0 Å². The average molecular weight is 190 g/mol. The van der Waals surface area contributed by atoms with E-state index in [2.05, 4.69) is 19.5 Å². The second-order valence-electron chi connectivity index (χ2n) is 3.36. The molecule has 72 valence electrons. The molecule has 2 aromatic heterocycles. The quantitative estimate of drug-likeness (QED) is 0.612. The van der Waals surface area contributed by atoms with Gasteiger partial charge in [0.25, 0.3) is 0 Å². The van der Waals surface area contributed by atoms with Crippen LogP contribution in [0.2, 0.25) is 0 Å². The van der Waals surface area contributed by atoms with Gasteiger partial charge in [-0.3, -0.25) is 0 Å². The van der Waals surface area contributed by atoms with E-state index < -0.39 is 0 Å². The van der Waals surface area contributed by atoms with Crippen molar-refractivity contribution in [3.63, 3.8) is 0 Å². The lowest BCUT2D eigenvalue weighted by Gasteiger charge is -2.13. The smallest absolute Gasteiger partial charge is 0.163 e. The lowest BCUT2D eigenvalue weighted by atomic mass is 10.4. The highest BCUT2D eigenvalue weighted by atomic mass is 16.5. The minimum absolute atomic E-state index is 0.579. The van der Waals surface area contributed by atoms with E-state index in [1.54, 1.807) is 6.33 Å². The molecule has 3 heterocycles. The Balaban J connectivity index is 2.36. The van der Waals surface area contributed by atoms with Crippen LogP contribution in [0, 0.1) is 6.92 Å². The summed E-state index contributed by atoms with van der Waals surface area (Å²) >= 11 is 0. The summed E-state index contributed by atoms with van der Waals surface area (Å²) in [6.45, 7) is 4.10. The Hall–Kier alpha value is -1.49. The van der Waals surface area contributed by atoms with Crippen LogP contribution in [0.4, 0.5) is 0 Å². The van der Waals surface area contributed by atoms with Crippen molar-refractivity contribution in [1.29, 1.82) is 0 Å². The van der Waals surface area contributed by atoms with Gasteiger partial charge in [-0.05, 0) is 6.92 Å². The number of aryl methyl sites for hydroxylation is 1. The van der Waals surface area contributed by atoms with Crippen molar-refractivity contribution in [3.8, 4) is 0 Å². The zero-order chi connectivity index (χ0) is 9.54. The fraction of sp³-hybridized carbons (Fsp3) is 0.444. The predicted molar refractivity (Wildman–Crippen MR) is 49.7 cm³/mol. The molecule has 1 aliphatic heterocycles. The van der Waals surface area contributed by atoms with Crippen LogP contribution in [-0.4, -0.2) is 26.1 Å². The minimum Gasteiger partial charge on any atom is -0.372 e. The van der Waals surface area contributed by atoms with Crippen LogP contribution in [-0.2, 0) is 17.9 Å². The van der Waals surface area contributed by atoms with E-state index in [0.29, 0.717) is 6.61 Å². The van der Waals surface area contributed by atoms with E-state index in [9.17, 15) is 0 Å². The molecule has 0 atom stereocenters. The van der Waals surface area contributed by atoms with E-state index >= 15 is 0 Å². The second kappa shape index (κ2) is 2.75. The molecule has 3 rings (SSSR count). The Labute approximate surface area is 80.8 Å². The normalized spacial score (nSPS) is 15.8. The molecular weight excluding hydrogens is 180 g/mol. The van der Waals surface area contributed by atoms with E-state index in [-0.39, 0.29) is 0 Å². The SMILES string of the molecule is Cc1ncnc2c1nc1n2CCOC1. The molecule has 0 saturated heterocycles. The number of hydrogen-bond donors (Lipinski definition) is 0. The van der Waals surface area contributed by atoms with Crippen LogP contribution in [0.25, 0.3) is 11.2 Å². The van der Waals surface area contributed by atoms with Gasteiger partial charge in [0.05, 0.1) is 12.3 Å². The molecule has 0 fully saturated rings. The lowest BCUT2D eigenvalue weighted by molar-refractivity contribution is 0.0828. The maximum atomic E-state index is 5.33. The molecule has 1 aliphatic rings. The minimum atomic E-state index is 0.579. The maximum absolute atomic E-state index is 5.33. The molecule has 5 heteroatoms. The van der Waals surface area contributed by atoms with E-state index in [4.69, 9.17) is 4.74 Å². The topological polar surface area (TPSA) is 52.8 Å². The van der Waals surface area contributed by atoms with Crippen LogP contribution in [0.1, 0.15) is 11.5 Å². The fourth-order valence-electron chi connectivity index (χ4n) is 1.76. The summed E-state index contributed by atoms with van der Waals surface area (Å²) in [5.41, 5.74) is 2.75. The molecule has 5 nitrogen and oxygen atoms in total. The van der Waals surface area contributed by atoms with Gasteiger partial charge in [0, 0.05) is 6.54 Å². The highest BCUT2D eigenvalue weighted by Gasteiger charge is 2.16. The van der Waals surface area contributed by atoms with Crippen LogP contribution in [0.15, 0.2) is 6.33 Å². The third kappa shape index (κ3) is 0.957. The number of hydrogen-bond acceptors (Lipinski definition) is 4. The fourth-order valence-corrected chi connectivity index (χ4v) is 1.76. The summed E-state index contributed by atoms with van der Waals surface area (Å²) in [5.74, 6) is 0.954. The predicted octanol–water partition coefficient (Wildman–Crippen LogP) is 0.665. The third-order valence-electron chi connectivity index (χ3n) is 2.48. The van der Waals surface area contributed by atoms with E-state index in [1.165, 1.54) is 0 Å². The molecule has 2 aromatic rings. The van der Waals surface area contributed by atoms with Crippen molar-refractivity contribution >= 4 is 11.2 Å². The Morgan fingerprint density at radius 3 is 3.29 bits per heavy atom. The zero-order valence-electron chi connectivity index (χ0n) is 7.90. The zero-order valence-corrected chi connectivity index (χ0v) is 7.90. The number of nitrogens with zero attached hydrogens (tertiary/aromatic N) is 4. The van der Waals surface area contributed by atoms with Crippen molar-refractivity contribution < 1.29 is 4.74 Å². The first kappa shape index (κ1) is 7.87. The van der Waals surface area contributed by atoms with Crippen LogP contribution < -0.4 is 0 Å². The van der Waals surface area contributed by atoms with Gasteiger partial charge in [0.1, 0.15) is 24.3 Å². The molecule has 0 amide bonds. The largest absolute Gasteiger partial charge is 0.372 e. The van der Waals surface area contributed by atoms with Crippen molar-refractivity contribution in [3.05, 3.63) is 17.8 Å². The Bertz CT molecular complexity index is 491. The maximum Gasteiger partial charge on any atom is 0.163 e. The van der Waals surface area contributed by atoms with Gasteiger partial charge in [0.2, 0.25) is 0 Å². The van der Waals surface area contributed by atoms with Crippen molar-refractivity contribution in [1.82, 2.24) is 19.5 Å². The summed E-state index contributed by atoms with van der Waals surface area (Å²) in [6.07, 6.45) is 1.59. The van der Waals surface area contributed by atoms with E-state index in [0.717, 1.165) is 35.8 Å². The Morgan fingerprint density at radius 1 is 1.43 bits per heavy atom. The molecule has 0 bridgehead atoms. The van der Waals surface area contributed by atoms with Gasteiger partial charge in [-0.1, -0.05) is 0 Å². The van der Waals surface area contributed by atoms with Crippen molar-refractivity contribution in [2.24, 2.45) is 0 Å². The first-order valence-electron chi connectivity index (χ1n) is 4.61. The summed E-state index contributed by atoms with van der Waals surface area (Å²) in [7, 11) is 0. The summed E-state index contributed by atoms with van der Waals surface area (Å²) in [5, 5.41) is 0. The molecule has 0 radical (unpaired) electrons. The van der Waals surface area contributed by atoms with E-state index in [1.807, 2.05) is 6.92 Å². The molecule has 14 heavy (non-hydrogen) atoms. The molecular formula is C9H10N4O. The average Bonchev–Trinajstić information content (AvgIpc) is 2.59. The number of aromatic nitrogens is 4. The Kier molecular flexibility index (Phi) is 1.55. The summed E-state index contributed by atoms with van der Waals surface area (Å²) in [6, 6.07) is 0. The molecule has 0 aliphatic carbocycles. The number of rotatable bonds is 0. The number of imidazole rings is 1. The summed E-state index contributed by atoms with van der Waals surface area (Å²) in [4.78, 5) is 12.8. The molecule has 0 saturated carbocycles. The monoisotopic (exact) mass is 190 g/mol. The van der Waals surface area contributed by atoms with Gasteiger partial charge in [0.15, 0.2) is 5.65 Å². The highest BCUT2D eigenvalue weighted by molar-refractivity contribution is 5.73. The van der Waals surface area contributed by atoms with Gasteiger partial charge < -0.3 is 9.30 Å². The highest BCUT2D eigenvalue weighted by Crippen LogP contribution is 2.18. The molecule has 0 unspecified atom stereocenters. The molecule has 0 N–H and O–H groups in total. The van der Waals surface area contributed by atoms with Crippen LogP contribution in [0.3, 0.4) is 0 Å². The van der Waals surface area contributed by atoms with Crippen molar-refractivity contribution in [2.45, 2.75) is 20.1 Å². The number of fused-ring (bicyclic) bond motifs is 3.